The summed E-state index contributed by atoms with van der Waals surface area (Å²) in [5.41, 5.74) is 1.25. The Morgan fingerprint density at radius 2 is 1.74 bits per heavy atom. The summed E-state index contributed by atoms with van der Waals surface area (Å²) in [7, 11) is 0. The third-order valence-electron chi connectivity index (χ3n) is 3.20. The van der Waals surface area contributed by atoms with Gasteiger partial charge in [-0.3, -0.25) is 0 Å². The summed E-state index contributed by atoms with van der Waals surface area (Å²) in [6.45, 7) is 6.94. The number of nitrogens with one attached hydrogen (secondary N) is 1. The second-order valence-corrected chi connectivity index (χ2v) is 6.13. The zero-order valence-electron chi connectivity index (χ0n) is 12.0. The molecule has 19 heavy (non-hydrogen) atoms. The number of aliphatic hydroxyl groups is 1. The normalized spacial score (nSPS) is 13.7. The topological polar surface area (TPSA) is 32.3 Å². The van der Waals surface area contributed by atoms with E-state index in [2.05, 4.69) is 56.4 Å². The molecule has 1 atom stereocenters. The van der Waals surface area contributed by atoms with Gasteiger partial charge in [0.1, 0.15) is 0 Å². The summed E-state index contributed by atoms with van der Waals surface area (Å²) in [4.78, 5) is 0. The molecule has 0 saturated heterocycles. The highest BCUT2D eigenvalue weighted by atomic mass is 16.3. The highest BCUT2D eigenvalue weighted by molar-refractivity contribution is 5.85. The van der Waals surface area contributed by atoms with Crippen molar-refractivity contribution in [2.24, 2.45) is 0 Å². The molecule has 2 N–H and O–H groups in total. The number of aliphatic hydroxyl groups excluding tert-OH is 1. The summed E-state index contributed by atoms with van der Waals surface area (Å²) in [6, 6.07) is 14.6. The molecule has 0 aliphatic carbocycles. The first-order chi connectivity index (χ1) is 8.96. The highest BCUT2D eigenvalue weighted by Crippen LogP contribution is 2.19. The lowest BCUT2D eigenvalue weighted by molar-refractivity contribution is 0.161. The van der Waals surface area contributed by atoms with Crippen molar-refractivity contribution >= 4 is 10.8 Å². The van der Waals surface area contributed by atoms with Crippen molar-refractivity contribution < 1.29 is 5.11 Å². The zero-order valence-corrected chi connectivity index (χ0v) is 12.0. The number of β-amino-alcohol motifs (C(OH)–C–C–N with tert-alkyl or cyclic N) is 1. The van der Waals surface area contributed by atoms with Crippen molar-refractivity contribution in [2.75, 3.05) is 6.54 Å². The van der Waals surface area contributed by atoms with Crippen LogP contribution in [0.4, 0.5) is 0 Å². The first-order valence-corrected chi connectivity index (χ1v) is 6.85. The molecular formula is C17H23NO. The molecule has 0 aliphatic rings. The Morgan fingerprint density at radius 3 is 2.47 bits per heavy atom. The minimum absolute atomic E-state index is 0.0414. The Morgan fingerprint density at radius 1 is 1.05 bits per heavy atom. The molecule has 0 amide bonds. The fourth-order valence-electron chi connectivity index (χ4n) is 2.22. The van der Waals surface area contributed by atoms with Crippen LogP contribution in [0.5, 0.6) is 0 Å². The van der Waals surface area contributed by atoms with E-state index in [0.717, 1.165) is 0 Å². The number of rotatable bonds is 4. The molecule has 2 heteroatoms. The number of benzene rings is 2. The highest BCUT2D eigenvalue weighted by Gasteiger charge is 2.13. The van der Waals surface area contributed by atoms with E-state index in [4.69, 9.17) is 0 Å². The molecule has 0 spiro atoms. The first kappa shape index (κ1) is 14.0. The van der Waals surface area contributed by atoms with E-state index in [1.165, 1.54) is 16.3 Å². The molecule has 0 heterocycles. The zero-order chi connectivity index (χ0) is 13.9. The van der Waals surface area contributed by atoms with E-state index in [1.54, 1.807) is 0 Å². The maximum absolute atomic E-state index is 10.2. The maximum atomic E-state index is 10.2. The molecular weight excluding hydrogens is 234 g/mol. The molecule has 2 aromatic rings. The molecule has 0 fully saturated rings. The lowest BCUT2D eigenvalue weighted by Crippen LogP contribution is -2.41. The van der Waals surface area contributed by atoms with E-state index in [9.17, 15) is 5.11 Å². The van der Waals surface area contributed by atoms with Gasteiger partial charge in [-0.15, -0.1) is 0 Å². The summed E-state index contributed by atoms with van der Waals surface area (Å²) >= 11 is 0. The fourth-order valence-corrected chi connectivity index (χ4v) is 2.22. The Balaban J connectivity index is 2.09. The third-order valence-corrected chi connectivity index (χ3v) is 3.20. The second kappa shape index (κ2) is 5.72. The minimum atomic E-state index is -0.356. The van der Waals surface area contributed by atoms with E-state index < -0.39 is 0 Å². The first-order valence-electron chi connectivity index (χ1n) is 6.85. The van der Waals surface area contributed by atoms with Crippen LogP contribution in [-0.2, 0) is 6.42 Å². The van der Waals surface area contributed by atoms with Crippen LogP contribution in [0.2, 0.25) is 0 Å². The van der Waals surface area contributed by atoms with Gasteiger partial charge in [0.05, 0.1) is 6.10 Å². The molecule has 0 saturated carbocycles. The molecule has 102 valence electrons. The van der Waals surface area contributed by atoms with Crippen molar-refractivity contribution in [3.05, 3.63) is 48.0 Å². The van der Waals surface area contributed by atoms with Crippen LogP contribution in [0.3, 0.4) is 0 Å². The monoisotopic (exact) mass is 257 g/mol. The summed E-state index contributed by atoms with van der Waals surface area (Å²) in [5.74, 6) is 0. The largest absolute Gasteiger partial charge is 0.391 e. The molecule has 2 rings (SSSR count). The lowest BCUT2D eigenvalue weighted by atomic mass is 9.99. The predicted octanol–water partition coefficient (Wildman–Crippen LogP) is 3.13. The van der Waals surface area contributed by atoms with Gasteiger partial charge in [-0.25, -0.2) is 0 Å². The molecule has 0 aliphatic heterocycles. The average Bonchev–Trinajstić information content (AvgIpc) is 2.36. The van der Waals surface area contributed by atoms with Crippen LogP contribution in [-0.4, -0.2) is 23.3 Å². The van der Waals surface area contributed by atoms with Crippen molar-refractivity contribution in [3.8, 4) is 0 Å². The fraction of sp³-hybridized carbons (Fsp3) is 0.412. The molecule has 2 nitrogen and oxygen atoms in total. The van der Waals surface area contributed by atoms with Crippen molar-refractivity contribution in [1.29, 1.82) is 0 Å². The van der Waals surface area contributed by atoms with E-state index in [-0.39, 0.29) is 11.6 Å². The van der Waals surface area contributed by atoms with Gasteiger partial charge in [-0.1, -0.05) is 42.5 Å². The van der Waals surface area contributed by atoms with Gasteiger partial charge in [0.25, 0.3) is 0 Å². The molecule has 1 unspecified atom stereocenters. The smallest absolute Gasteiger partial charge is 0.0705 e. The molecule has 0 aromatic heterocycles. The van der Waals surface area contributed by atoms with E-state index in [0.29, 0.717) is 13.0 Å². The van der Waals surface area contributed by atoms with Gasteiger partial charge in [0, 0.05) is 18.5 Å². The van der Waals surface area contributed by atoms with Gasteiger partial charge in [0.15, 0.2) is 0 Å². The maximum Gasteiger partial charge on any atom is 0.0705 e. The summed E-state index contributed by atoms with van der Waals surface area (Å²) < 4.78 is 0. The van der Waals surface area contributed by atoms with Gasteiger partial charge in [0.2, 0.25) is 0 Å². The van der Waals surface area contributed by atoms with Crippen LogP contribution >= 0.6 is 0 Å². The second-order valence-electron chi connectivity index (χ2n) is 6.13. The molecule has 2 aromatic carbocycles. The van der Waals surface area contributed by atoms with Crippen LogP contribution in [0.1, 0.15) is 26.3 Å². The van der Waals surface area contributed by atoms with Crippen LogP contribution in [0, 0.1) is 0 Å². The quantitative estimate of drug-likeness (QED) is 0.882. The van der Waals surface area contributed by atoms with E-state index in [1.807, 2.05) is 12.1 Å². The van der Waals surface area contributed by atoms with Crippen LogP contribution in [0.15, 0.2) is 42.5 Å². The Hall–Kier alpha value is -1.38. The standard InChI is InChI=1S/C17H23NO/c1-17(2,3)18-12-15(19)11-14-9-6-8-13-7-4-5-10-16(13)14/h4-10,15,18-19H,11-12H2,1-3H3. The summed E-state index contributed by atoms with van der Waals surface area (Å²) in [5, 5.41) is 16.0. The van der Waals surface area contributed by atoms with E-state index >= 15 is 0 Å². The van der Waals surface area contributed by atoms with Gasteiger partial charge in [-0.05, 0) is 37.1 Å². The summed E-state index contributed by atoms with van der Waals surface area (Å²) in [6.07, 6.45) is 0.329. The van der Waals surface area contributed by atoms with Crippen molar-refractivity contribution in [3.63, 3.8) is 0 Å². The Labute approximate surface area is 115 Å². The van der Waals surface area contributed by atoms with Gasteiger partial charge >= 0.3 is 0 Å². The van der Waals surface area contributed by atoms with Crippen molar-refractivity contribution in [1.82, 2.24) is 5.32 Å². The van der Waals surface area contributed by atoms with Gasteiger partial charge < -0.3 is 10.4 Å². The lowest BCUT2D eigenvalue weighted by Gasteiger charge is -2.23. The average molecular weight is 257 g/mol. The minimum Gasteiger partial charge on any atom is -0.391 e. The SMILES string of the molecule is CC(C)(C)NCC(O)Cc1cccc2ccccc12. The number of fused-ring (bicyclic) bond motifs is 1. The number of hydrogen-bond donors (Lipinski definition) is 2. The third kappa shape index (κ3) is 4.05. The Kier molecular flexibility index (Phi) is 4.23. The van der Waals surface area contributed by atoms with Crippen molar-refractivity contribution in [2.45, 2.75) is 38.8 Å². The molecule has 0 radical (unpaired) electrons. The van der Waals surface area contributed by atoms with Crippen LogP contribution < -0.4 is 5.32 Å². The number of hydrogen-bond acceptors (Lipinski definition) is 2. The van der Waals surface area contributed by atoms with Crippen LogP contribution in [0.25, 0.3) is 10.8 Å². The predicted molar refractivity (Wildman–Crippen MR) is 81.4 cm³/mol. The van der Waals surface area contributed by atoms with Gasteiger partial charge in [-0.2, -0.15) is 0 Å². The Bertz CT molecular complexity index is 537. The molecule has 0 bridgehead atoms.